The molecule has 3 rings (SSSR count). The quantitative estimate of drug-likeness (QED) is 0.823. The van der Waals surface area contributed by atoms with Crippen molar-refractivity contribution in [2.75, 3.05) is 38.5 Å². The highest BCUT2D eigenvalue weighted by molar-refractivity contribution is 6.34. The number of hydrogen-bond acceptors (Lipinski definition) is 3. The number of nitrogens with one attached hydrogen (secondary N) is 1. The van der Waals surface area contributed by atoms with Crippen LogP contribution in [0.2, 0.25) is 5.02 Å². The van der Waals surface area contributed by atoms with Gasteiger partial charge in [-0.15, -0.1) is 0 Å². The molecule has 0 atom stereocenters. The molecule has 2 amide bonds. The summed E-state index contributed by atoms with van der Waals surface area (Å²) in [6.07, 6.45) is 3.17. The van der Waals surface area contributed by atoms with Gasteiger partial charge in [0.05, 0.1) is 10.7 Å². The molecule has 5 nitrogen and oxygen atoms in total. The predicted octanol–water partition coefficient (Wildman–Crippen LogP) is 3.38. The van der Waals surface area contributed by atoms with Gasteiger partial charge in [0.15, 0.2) is 0 Å². The molecule has 1 fully saturated rings. The third-order valence-corrected chi connectivity index (χ3v) is 4.82. The van der Waals surface area contributed by atoms with E-state index in [1.165, 1.54) is 6.08 Å². The minimum Gasteiger partial charge on any atom is -0.336 e. The Balaban J connectivity index is 1.69. The van der Waals surface area contributed by atoms with Gasteiger partial charge in [-0.25, -0.2) is 0 Å². The maximum absolute atomic E-state index is 12.7. The molecule has 0 unspecified atom stereocenters. The van der Waals surface area contributed by atoms with Gasteiger partial charge in [-0.3, -0.25) is 9.59 Å². The van der Waals surface area contributed by atoms with Crippen LogP contribution in [-0.2, 0) is 4.79 Å². The highest BCUT2D eigenvalue weighted by atomic mass is 35.5. The summed E-state index contributed by atoms with van der Waals surface area (Å²) in [4.78, 5) is 28.9. The molecule has 0 bridgehead atoms. The first-order chi connectivity index (χ1) is 13.0. The Morgan fingerprint density at radius 2 is 1.74 bits per heavy atom. The molecule has 0 spiro atoms. The van der Waals surface area contributed by atoms with Crippen molar-refractivity contribution >= 4 is 35.2 Å². The molecule has 0 radical (unpaired) electrons. The lowest BCUT2D eigenvalue weighted by atomic mass is 10.1. The summed E-state index contributed by atoms with van der Waals surface area (Å²) in [6.45, 7) is 3.10. The van der Waals surface area contributed by atoms with Crippen molar-refractivity contribution in [1.29, 1.82) is 0 Å². The third-order valence-electron chi connectivity index (χ3n) is 4.49. The maximum atomic E-state index is 12.7. The summed E-state index contributed by atoms with van der Waals surface area (Å²) in [6, 6.07) is 14.5. The second kappa shape index (κ2) is 8.84. The van der Waals surface area contributed by atoms with E-state index in [-0.39, 0.29) is 11.8 Å². The van der Waals surface area contributed by atoms with Crippen molar-refractivity contribution in [1.82, 2.24) is 9.80 Å². The normalized spacial score (nSPS) is 15.1. The SMILES string of the molecule is CN1CCN(C(=O)c2ccc(Cl)c(NC(=O)/C=C/c3ccccc3)c2)CC1. The summed E-state index contributed by atoms with van der Waals surface area (Å²) < 4.78 is 0. The van der Waals surface area contributed by atoms with Gasteiger partial charge >= 0.3 is 0 Å². The molecule has 1 saturated heterocycles. The highest BCUT2D eigenvalue weighted by Gasteiger charge is 2.21. The average Bonchev–Trinajstić information content (AvgIpc) is 2.69. The van der Waals surface area contributed by atoms with Crippen LogP contribution in [0.3, 0.4) is 0 Å². The lowest BCUT2D eigenvalue weighted by Crippen LogP contribution is -2.47. The largest absolute Gasteiger partial charge is 0.336 e. The van der Waals surface area contributed by atoms with Crippen LogP contribution in [0.15, 0.2) is 54.6 Å². The number of carbonyl (C=O) groups is 2. The number of amides is 2. The Morgan fingerprint density at radius 3 is 2.44 bits per heavy atom. The molecule has 1 aliphatic heterocycles. The van der Waals surface area contributed by atoms with Crippen molar-refractivity contribution < 1.29 is 9.59 Å². The van der Waals surface area contributed by atoms with Crippen LogP contribution in [0, 0.1) is 0 Å². The van der Waals surface area contributed by atoms with E-state index >= 15 is 0 Å². The number of likely N-dealkylation sites (N-methyl/N-ethyl adjacent to an activating group) is 1. The molecule has 0 saturated carbocycles. The van der Waals surface area contributed by atoms with E-state index in [1.807, 2.05) is 42.3 Å². The minimum absolute atomic E-state index is 0.0462. The summed E-state index contributed by atoms with van der Waals surface area (Å²) in [5.74, 6) is -0.347. The van der Waals surface area contributed by atoms with E-state index in [2.05, 4.69) is 10.2 Å². The predicted molar refractivity (Wildman–Crippen MR) is 109 cm³/mol. The number of rotatable bonds is 4. The molecular weight excluding hydrogens is 362 g/mol. The fraction of sp³-hybridized carbons (Fsp3) is 0.238. The standard InChI is InChI=1S/C21H22ClN3O2/c1-24-11-13-25(14-12-24)21(27)17-8-9-18(22)19(15-17)23-20(26)10-7-16-5-3-2-4-6-16/h2-10,15H,11-14H2,1H3,(H,23,26)/b10-7+. The fourth-order valence-electron chi connectivity index (χ4n) is 2.86. The van der Waals surface area contributed by atoms with Crippen LogP contribution in [0.5, 0.6) is 0 Å². The van der Waals surface area contributed by atoms with Crippen LogP contribution < -0.4 is 5.32 Å². The second-order valence-corrected chi connectivity index (χ2v) is 6.93. The van der Waals surface area contributed by atoms with Crippen molar-refractivity contribution in [2.24, 2.45) is 0 Å². The molecule has 1 aliphatic rings. The molecule has 0 aliphatic carbocycles. The van der Waals surface area contributed by atoms with Crippen LogP contribution in [0.4, 0.5) is 5.69 Å². The second-order valence-electron chi connectivity index (χ2n) is 6.52. The number of anilines is 1. The molecule has 0 aromatic heterocycles. The molecule has 27 heavy (non-hydrogen) atoms. The summed E-state index contributed by atoms with van der Waals surface area (Å²) >= 11 is 6.20. The van der Waals surface area contributed by atoms with E-state index in [0.29, 0.717) is 29.4 Å². The van der Waals surface area contributed by atoms with E-state index in [0.717, 1.165) is 18.7 Å². The topological polar surface area (TPSA) is 52.6 Å². The monoisotopic (exact) mass is 383 g/mol. The van der Waals surface area contributed by atoms with E-state index < -0.39 is 0 Å². The molecule has 2 aromatic carbocycles. The molecular formula is C21H22ClN3O2. The smallest absolute Gasteiger partial charge is 0.254 e. The highest BCUT2D eigenvalue weighted by Crippen LogP contribution is 2.24. The van der Waals surface area contributed by atoms with Crippen LogP contribution in [-0.4, -0.2) is 54.8 Å². The zero-order chi connectivity index (χ0) is 19.2. The molecule has 1 heterocycles. The van der Waals surface area contributed by atoms with E-state index in [1.54, 1.807) is 24.3 Å². The summed E-state index contributed by atoms with van der Waals surface area (Å²) in [5, 5.41) is 3.14. The molecule has 2 aromatic rings. The number of piperazine rings is 1. The average molecular weight is 384 g/mol. The minimum atomic E-state index is -0.301. The van der Waals surface area contributed by atoms with Gasteiger partial charge in [-0.2, -0.15) is 0 Å². The van der Waals surface area contributed by atoms with Crippen molar-refractivity contribution in [3.8, 4) is 0 Å². The van der Waals surface area contributed by atoms with Gasteiger partial charge in [-0.1, -0.05) is 41.9 Å². The van der Waals surface area contributed by atoms with Gasteiger partial charge in [0, 0.05) is 37.8 Å². The fourth-order valence-corrected chi connectivity index (χ4v) is 3.02. The Kier molecular flexibility index (Phi) is 6.27. The van der Waals surface area contributed by atoms with Gasteiger partial charge in [0.2, 0.25) is 5.91 Å². The van der Waals surface area contributed by atoms with Crippen molar-refractivity contribution in [3.05, 3.63) is 70.8 Å². The Morgan fingerprint density at radius 1 is 1.04 bits per heavy atom. The first-order valence-corrected chi connectivity index (χ1v) is 9.22. The lowest BCUT2D eigenvalue weighted by molar-refractivity contribution is -0.111. The number of halogens is 1. The zero-order valence-corrected chi connectivity index (χ0v) is 15.9. The number of carbonyl (C=O) groups excluding carboxylic acids is 2. The van der Waals surface area contributed by atoms with Gasteiger partial charge in [0.1, 0.15) is 0 Å². The lowest BCUT2D eigenvalue weighted by Gasteiger charge is -2.32. The number of nitrogens with zero attached hydrogens (tertiary/aromatic N) is 2. The van der Waals surface area contributed by atoms with Crippen LogP contribution in [0.25, 0.3) is 6.08 Å². The number of benzene rings is 2. The van der Waals surface area contributed by atoms with Gasteiger partial charge in [0.25, 0.3) is 5.91 Å². The maximum Gasteiger partial charge on any atom is 0.254 e. The first-order valence-electron chi connectivity index (χ1n) is 8.84. The van der Waals surface area contributed by atoms with Crippen molar-refractivity contribution in [2.45, 2.75) is 0 Å². The third kappa shape index (κ3) is 5.18. The van der Waals surface area contributed by atoms with Crippen LogP contribution in [0.1, 0.15) is 15.9 Å². The molecule has 140 valence electrons. The van der Waals surface area contributed by atoms with E-state index in [4.69, 9.17) is 11.6 Å². The Hall–Kier alpha value is -2.63. The van der Waals surface area contributed by atoms with Crippen LogP contribution >= 0.6 is 11.6 Å². The van der Waals surface area contributed by atoms with Gasteiger partial charge < -0.3 is 15.1 Å². The number of hydrogen-bond donors (Lipinski definition) is 1. The molecule has 1 N–H and O–H groups in total. The Bertz CT molecular complexity index is 844. The van der Waals surface area contributed by atoms with Crippen molar-refractivity contribution in [3.63, 3.8) is 0 Å². The molecule has 6 heteroatoms. The summed E-state index contributed by atoms with van der Waals surface area (Å²) in [7, 11) is 2.04. The van der Waals surface area contributed by atoms with Gasteiger partial charge in [-0.05, 0) is 36.9 Å². The zero-order valence-electron chi connectivity index (χ0n) is 15.2. The summed E-state index contributed by atoms with van der Waals surface area (Å²) in [5.41, 5.74) is 1.88. The van der Waals surface area contributed by atoms with E-state index in [9.17, 15) is 9.59 Å². The first kappa shape index (κ1) is 19.1. The Labute approximate surface area is 164 Å².